The molecule has 1 aliphatic rings. The van der Waals surface area contributed by atoms with Crippen LogP contribution in [0.1, 0.15) is 33.4 Å². The van der Waals surface area contributed by atoms with Crippen LogP contribution >= 0.6 is 11.3 Å². The summed E-state index contributed by atoms with van der Waals surface area (Å²) < 4.78 is 4.66. The number of hydrogen-bond acceptors (Lipinski definition) is 4. The first-order chi connectivity index (χ1) is 6.81. The summed E-state index contributed by atoms with van der Waals surface area (Å²) in [5.74, 6) is -0.237. The van der Waals surface area contributed by atoms with Crippen LogP contribution in [0.15, 0.2) is 12.1 Å². The van der Waals surface area contributed by atoms with Crippen LogP contribution in [0.5, 0.6) is 0 Å². The third kappa shape index (κ3) is 1.81. The predicted molar refractivity (Wildman–Crippen MR) is 55.6 cm³/mol. The molecule has 0 unspecified atom stereocenters. The van der Waals surface area contributed by atoms with E-state index in [1.165, 1.54) is 36.2 Å². The Hall–Kier alpha value is -0.870. The largest absolute Gasteiger partial charge is 0.465 e. The molecular formula is C10H13NO2S. The third-order valence-corrected chi connectivity index (χ3v) is 3.60. The van der Waals surface area contributed by atoms with Gasteiger partial charge in [-0.3, -0.25) is 0 Å². The molecule has 0 saturated carbocycles. The fourth-order valence-corrected chi connectivity index (χ4v) is 2.71. The van der Waals surface area contributed by atoms with E-state index in [0.29, 0.717) is 10.9 Å². The molecule has 1 atom stereocenters. The van der Waals surface area contributed by atoms with Crippen molar-refractivity contribution in [1.82, 2.24) is 5.32 Å². The van der Waals surface area contributed by atoms with Crippen molar-refractivity contribution < 1.29 is 9.53 Å². The van der Waals surface area contributed by atoms with Crippen molar-refractivity contribution in [2.45, 2.75) is 18.9 Å². The van der Waals surface area contributed by atoms with Gasteiger partial charge in [-0.15, -0.1) is 11.3 Å². The number of methoxy groups -OCH3 is 1. The topological polar surface area (TPSA) is 38.3 Å². The summed E-state index contributed by atoms with van der Waals surface area (Å²) in [4.78, 5) is 13.1. The molecule has 1 aromatic rings. The van der Waals surface area contributed by atoms with Crippen molar-refractivity contribution in [1.29, 1.82) is 0 Å². The summed E-state index contributed by atoms with van der Waals surface area (Å²) in [5, 5.41) is 3.40. The van der Waals surface area contributed by atoms with Crippen LogP contribution in [0.3, 0.4) is 0 Å². The Morgan fingerprint density at radius 1 is 1.64 bits per heavy atom. The second-order valence-corrected chi connectivity index (χ2v) is 4.46. The zero-order valence-electron chi connectivity index (χ0n) is 8.08. The first kappa shape index (κ1) is 9.68. The maximum absolute atomic E-state index is 11.2. The molecule has 1 saturated heterocycles. The zero-order valence-corrected chi connectivity index (χ0v) is 8.89. The van der Waals surface area contributed by atoms with Gasteiger partial charge in [0.1, 0.15) is 4.88 Å². The SMILES string of the molecule is COC(=O)c1ccc([C@@H]2CCCN2)s1. The lowest BCUT2D eigenvalue weighted by molar-refractivity contribution is 0.0606. The quantitative estimate of drug-likeness (QED) is 0.760. The first-order valence-electron chi connectivity index (χ1n) is 4.72. The van der Waals surface area contributed by atoms with Gasteiger partial charge in [-0.05, 0) is 31.5 Å². The van der Waals surface area contributed by atoms with Gasteiger partial charge in [0, 0.05) is 10.9 Å². The van der Waals surface area contributed by atoms with Gasteiger partial charge in [-0.1, -0.05) is 0 Å². The van der Waals surface area contributed by atoms with Crippen molar-refractivity contribution in [2.24, 2.45) is 0 Å². The zero-order chi connectivity index (χ0) is 9.97. The number of carbonyl (C=O) groups is 1. The highest BCUT2D eigenvalue weighted by Crippen LogP contribution is 2.29. The van der Waals surface area contributed by atoms with Gasteiger partial charge in [0.25, 0.3) is 0 Å². The normalized spacial score (nSPS) is 21.1. The average Bonchev–Trinajstić information content (AvgIpc) is 2.86. The molecule has 0 bridgehead atoms. The van der Waals surface area contributed by atoms with Crippen molar-refractivity contribution in [2.75, 3.05) is 13.7 Å². The van der Waals surface area contributed by atoms with Gasteiger partial charge < -0.3 is 10.1 Å². The summed E-state index contributed by atoms with van der Waals surface area (Å²) in [5.41, 5.74) is 0. The number of thiophene rings is 1. The van der Waals surface area contributed by atoms with E-state index in [2.05, 4.69) is 10.1 Å². The molecule has 2 rings (SSSR count). The Balaban J connectivity index is 2.12. The van der Waals surface area contributed by atoms with Crippen LogP contribution in [0, 0.1) is 0 Å². The third-order valence-electron chi connectivity index (χ3n) is 2.42. The van der Waals surface area contributed by atoms with Crippen molar-refractivity contribution >= 4 is 17.3 Å². The number of carbonyl (C=O) groups excluding carboxylic acids is 1. The molecular weight excluding hydrogens is 198 g/mol. The van der Waals surface area contributed by atoms with Gasteiger partial charge in [-0.25, -0.2) is 4.79 Å². The number of hydrogen-bond donors (Lipinski definition) is 1. The molecule has 0 spiro atoms. The summed E-state index contributed by atoms with van der Waals surface area (Å²) in [6, 6.07) is 4.30. The molecule has 0 aromatic carbocycles. The lowest BCUT2D eigenvalue weighted by Crippen LogP contribution is -2.11. The lowest BCUT2D eigenvalue weighted by atomic mass is 10.2. The Kier molecular flexibility index (Phi) is 2.84. The molecule has 1 aliphatic heterocycles. The minimum atomic E-state index is -0.237. The van der Waals surface area contributed by atoms with Crippen LogP contribution in [-0.4, -0.2) is 19.6 Å². The fraction of sp³-hybridized carbons (Fsp3) is 0.500. The van der Waals surface area contributed by atoms with E-state index in [1.807, 2.05) is 12.1 Å². The molecule has 0 radical (unpaired) electrons. The standard InChI is InChI=1S/C10H13NO2S/c1-13-10(12)9-5-4-8(14-9)7-3-2-6-11-7/h4-5,7,11H,2-3,6H2,1H3/t7-/m0/s1. The van der Waals surface area contributed by atoms with E-state index in [9.17, 15) is 4.79 Å². The molecule has 0 amide bonds. The Morgan fingerprint density at radius 3 is 3.14 bits per heavy atom. The van der Waals surface area contributed by atoms with Gasteiger partial charge >= 0.3 is 5.97 Å². The minimum Gasteiger partial charge on any atom is -0.465 e. The molecule has 3 nitrogen and oxygen atoms in total. The summed E-state index contributed by atoms with van der Waals surface area (Å²) in [6.45, 7) is 1.08. The van der Waals surface area contributed by atoms with Gasteiger partial charge in [0.15, 0.2) is 0 Å². The van der Waals surface area contributed by atoms with Crippen LogP contribution in [0.25, 0.3) is 0 Å². The Bertz CT molecular complexity index is 329. The number of nitrogens with one attached hydrogen (secondary N) is 1. The van der Waals surface area contributed by atoms with E-state index in [1.54, 1.807) is 0 Å². The van der Waals surface area contributed by atoms with E-state index in [4.69, 9.17) is 0 Å². The molecule has 1 fully saturated rings. The Labute approximate surface area is 87.1 Å². The molecule has 76 valence electrons. The van der Waals surface area contributed by atoms with Crippen LogP contribution < -0.4 is 5.32 Å². The van der Waals surface area contributed by atoms with Crippen LogP contribution in [-0.2, 0) is 4.74 Å². The predicted octanol–water partition coefficient (Wildman–Crippen LogP) is 1.96. The monoisotopic (exact) mass is 211 g/mol. The van der Waals surface area contributed by atoms with E-state index < -0.39 is 0 Å². The summed E-state index contributed by atoms with van der Waals surface area (Å²) in [6.07, 6.45) is 2.39. The summed E-state index contributed by atoms with van der Waals surface area (Å²) in [7, 11) is 1.41. The van der Waals surface area contributed by atoms with Crippen molar-refractivity contribution in [3.63, 3.8) is 0 Å². The van der Waals surface area contributed by atoms with E-state index >= 15 is 0 Å². The first-order valence-corrected chi connectivity index (χ1v) is 5.54. The highest BCUT2D eigenvalue weighted by Gasteiger charge is 2.19. The number of ether oxygens (including phenoxy) is 1. The minimum absolute atomic E-state index is 0.237. The highest BCUT2D eigenvalue weighted by atomic mass is 32.1. The van der Waals surface area contributed by atoms with E-state index in [0.717, 1.165) is 6.54 Å². The molecule has 14 heavy (non-hydrogen) atoms. The smallest absolute Gasteiger partial charge is 0.348 e. The second kappa shape index (κ2) is 4.11. The number of esters is 1. The summed E-state index contributed by atoms with van der Waals surface area (Å²) >= 11 is 1.53. The molecule has 1 aromatic heterocycles. The maximum atomic E-state index is 11.2. The highest BCUT2D eigenvalue weighted by molar-refractivity contribution is 7.14. The fourth-order valence-electron chi connectivity index (χ4n) is 1.68. The number of rotatable bonds is 2. The molecule has 2 heterocycles. The van der Waals surface area contributed by atoms with Crippen LogP contribution in [0.2, 0.25) is 0 Å². The average molecular weight is 211 g/mol. The lowest BCUT2D eigenvalue weighted by Gasteiger charge is -2.05. The molecule has 4 heteroatoms. The Morgan fingerprint density at radius 2 is 2.50 bits per heavy atom. The molecule has 0 aliphatic carbocycles. The maximum Gasteiger partial charge on any atom is 0.348 e. The van der Waals surface area contributed by atoms with Gasteiger partial charge in [0.2, 0.25) is 0 Å². The van der Waals surface area contributed by atoms with Crippen molar-refractivity contribution in [3.05, 3.63) is 21.9 Å². The van der Waals surface area contributed by atoms with Gasteiger partial charge in [-0.2, -0.15) is 0 Å². The van der Waals surface area contributed by atoms with E-state index in [-0.39, 0.29) is 5.97 Å². The van der Waals surface area contributed by atoms with Crippen molar-refractivity contribution in [3.8, 4) is 0 Å². The van der Waals surface area contributed by atoms with Gasteiger partial charge in [0.05, 0.1) is 7.11 Å². The second-order valence-electron chi connectivity index (χ2n) is 3.34. The van der Waals surface area contributed by atoms with Crippen LogP contribution in [0.4, 0.5) is 0 Å². The molecule has 1 N–H and O–H groups in total.